The van der Waals surface area contributed by atoms with Crippen LogP contribution in [0, 0.1) is 0 Å². The molecule has 0 bridgehead atoms. The Morgan fingerprint density at radius 3 is 2.65 bits per heavy atom. The van der Waals surface area contributed by atoms with Gasteiger partial charge in [0.2, 0.25) is 0 Å². The number of hydrazone groups is 1. The average molecular weight is 511 g/mol. The van der Waals surface area contributed by atoms with E-state index in [1.54, 1.807) is 44.2 Å². The topological polar surface area (TPSA) is 85.7 Å². The van der Waals surface area contributed by atoms with E-state index < -0.39 is 0 Å². The van der Waals surface area contributed by atoms with Crippen molar-refractivity contribution in [1.29, 1.82) is 0 Å². The monoisotopic (exact) mass is 510 g/mol. The summed E-state index contributed by atoms with van der Waals surface area (Å²) in [4.78, 5) is 12.2. The Morgan fingerprint density at radius 2 is 1.82 bits per heavy atom. The van der Waals surface area contributed by atoms with Crippen molar-refractivity contribution in [3.8, 4) is 11.5 Å². The van der Waals surface area contributed by atoms with Gasteiger partial charge in [-0.05, 0) is 28.5 Å². The first-order valence-electron chi connectivity index (χ1n) is 10.3. The van der Waals surface area contributed by atoms with Gasteiger partial charge in [0.1, 0.15) is 11.5 Å². The standard InChI is InChI=1S/C24H22N4O3S3/c1-30-19-11-10-17(21(12-19)31-2)13-25-26-22(29)15-33-24-28-27-23(34-24)32-14-18-8-5-7-16-6-3-4-9-20(16)18/h3-13H,14-15H2,1-2H3,(H,26,29). The van der Waals surface area contributed by atoms with E-state index in [9.17, 15) is 4.79 Å². The molecule has 174 valence electrons. The summed E-state index contributed by atoms with van der Waals surface area (Å²) in [7, 11) is 3.16. The third-order valence-corrected chi connectivity index (χ3v) is 8.02. The molecule has 1 heterocycles. The Hall–Kier alpha value is -3.08. The van der Waals surface area contributed by atoms with Crippen molar-refractivity contribution in [2.45, 2.75) is 14.4 Å². The van der Waals surface area contributed by atoms with E-state index in [1.807, 2.05) is 6.07 Å². The molecule has 0 saturated heterocycles. The van der Waals surface area contributed by atoms with Crippen LogP contribution < -0.4 is 14.9 Å². The van der Waals surface area contributed by atoms with Gasteiger partial charge in [-0.3, -0.25) is 4.79 Å². The van der Waals surface area contributed by atoms with Gasteiger partial charge in [-0.15, -0.1) is 10.2 Å². The molecule has 1 amide bonds. The Balaban J connectivity index is 1.26. The van der Waals surface area contributed by atoms with Gasteiger partial charge in [-0.2, -0.15) is 5.10 Å². The number of nitrogens with zero attached hydrogens (tertiary/aromatic N) is 3. The highest BCUT2D eigenvalue weighted by molar-refractivity contribution is 8.03. The molecule has 3 aromatic carbocycles. The molecule has 7 nitrogen and oxygen atoms in total. The lowest BCUT2D eigenvalue weighted by Crippen LogP contribution is -2.19. The number of aromatic nitrogens is 2. The quantitative estimate of drug-likeness (QED) is 0.177. The smallest absolute Gasteiger partial charge is 0.250 e. The third-order valence-electron chi connectivity index (χ3n) is 4.78. The zero-order valence-corrected chi connectivity index (χ0v) is 21.0. The number of carbonyl (C=O) groups excluding carboxylic acids is 1. The van der Waals surface area contributed by atoms with Gasteiger partial charge in [0.05, 0.1) is 26.2 Å². The van der Waals surface area contributed by atoms with Crippen molar-refractivity contribution in [3.05, 3.63) is 71.8 Å². The van der Waals surface area contributed by atoms with Crippen LogP contribution in [0.15, 0.2) is 74.4 Å². The number of nitrogens with one attached hydrogen (secondary N) is 1. The van der Waals surface area contributed by atoms with E-state index in [-0.39, 0.29) is 11.7 Å². The lowest BCUT2D eigenvalue weighted by atomic mass is 10.1. The van der Waals surface area contributed by atoms with Gasteiger partial charge in [0, 0.05) is 17.4 Å². The van der Waals surface area contributed by atoms with Gasteiger partial charge in [0.25, 0.3) is 5.91 Å². The van der Waals surface area contributed by atoms with Crippen molar-refractivity contribution in [2.75, 3.05) is 20.0 Å². The summed E-state index contributed by atoms with van der Waals surface area (Å²) in [6.45, 7) is 0. The average Bonchev–Trinajstić information content (AvgIpc) is 3.34. The number of rotatable bonds is 10. The van der Waals surface area contributed by atoms with Crippen molar-refractivity contribution >= 4 is 57.8 Å². The summed E-state index contributed by atoms with van der Waals surface area (Å²) in [6.07, 6.45) is 1.54. The van der Waals surface area contributed by atoms with Crippen molar-refractivity contribution in [1.82, 2.24) is 15.6 Å². The number of carbonyl (C=O) groups is 1. The van der Waals surface area contributed by atoms with Crippen LogP contribution in [0.25, 0.3) is 10.8 Å². The minimum absolute atomic E-state index is 0.194. The summed E-state index contributed by atoms with van der Waals surface area (Å²) >= 11 is 4.47. The molecule has 0 saturated carbocycles. The number of ether oxygens (including phenoxy) is 2. The summed E-state index contributed by atoms with van der Waals surface area (Å²) in [5.41, 5.74) is 4.52. The predicted octanol–water partition coefficient (Wildman–Crippen LogP) is 5.24. The Morgan fingerprint density at radius 1 is 1.03 bits per heavy atom. The van der Waals surface area contributed by atoms with Crippen LogP contribution in [0.5, 0.6) is 11.5 Å². The number of fused-ring (bicyclic) bond motifs is 1. The van der Waals surface area contributed by atoms with Gasteiger partial charge in [0.15, 0.2) is 8.68 Å². The summed E-state index contributed by atoms with van der Waals surface area (Å²) < 4.78 is 12.1. The summed E-state index contributed by atoms with van der Waals surface area (Å²) in [5, 5.41) is 14.9. The van der Waals surface area contributed by atoms with Crippen LogP contribution in [-0.2, 0) is 10.5 Å². The predicted molar refractivity (Wildman–Crippen MR) is 139 cm³/mol. The molecular weight excluding hydrogens is 488 g/mol. The van der Waals surface area contributed by atoms with Crippen molar-refractivity contribution in [2.24, 2.45) is 5.10 Å². The molecule has 0 spiro atoms. The number of hydrogen-bond acceptors (Lipinski definition) is 9. The van der Waals surface area contributed by atoms with E-state index in [4.69, 9.17) is 9.47 Å². The highest BCUT2D eigenvalue weighted by Gasteiger charge is 2.10. The molecule has 34 heavy (non-hydrogen) atoms. The summed E-state index contributed by atoms with van der Waals surface area (Å²) in [6, 6.07) is 20.0. The number of amides is 1. The minimum Gasteiger partial charge on any atom is -0.497 e. The van der Waals surface area contributed by atoms with Crippen LogP contribution in [0.3, 0.4) is 0 Å². The molecule has 0 fully saturated rings. The van der Waals surface area contributed by atoms with Crippen LogP contribution in [-0.4, -0.2) is 42.3 Å². The van der Waals surface area contributed by atoms with E-state index in [2.05, 4.69) is 57.1 Å². The van der Waals surface area contributed by atoms with Crippen LogP contribution in [0.4, 0.5) is 0 Å². The fourth-order valence-corrected chi connectivity index (χ4v) is 5.95. The molecular formula is C24H22N4O3S3. The molecule has 1 aromatic heterocycles. The maximum Gasteiger partial charge on any atom is 0.250 e. The maximum atomic E-state index is 12.2. The molecule has 4 rings (SSSR count). The molecule has 4 aromatic rings. The molecule has 0 aliphatic rings. The van der Waals surface area contributed by atoms with E-state index in [1.165, 1.54) is 45.6 Å². The fourth-order valence-electron chi connectivity index (χ4n) is 3.13. The zero-order valence-electron chi connectivity index (χ0n) is 18.6. The first-order valence-corrected chi connectivity index (χ1v) is 13.0. The fraction of sp³-hybridized carbons (Fsp3) is 0.167. The van der Waals surface area contributed by atoms with E-state index >= 15 is 0 Å². The maximum absolute atomic E-state index is 12.2. The molecule has 10 heteroatoms. The number of methoxy groups -OCH3 is 2. The molecule has 0 aliphatic heterocycles. The van der Waals surface area contributed by atoms with Crippen LogP contribution in [0.1, 0.15) is 11.1 Å². The Labute approximate surface area is 210 Å². The first-order chi connectivity index (χ1) is 16.7. The second kappa shape index (κ2) is 11.9. The Kier molecular flexibility index (Phi) is 8.40. The van der Waals surface area contributed by atoms with E-state index in [0.29, 0.717) is 11.5 Å². The van der Waals surface area contributed by atoms with Crippen LogP contribution in [0.2, 0.25) is 0 Å². The third kappa shape index (κ3) is 6.28. The lowest BCUT2D eigenvalue weighted by molar-refractivity contribution is -0.118. The van der Waals surface area contributed by atoms with Gasteiger partial charge < -0.3 is 9.47 Å². The second-order valence-electron chi connectivity index (χ2n) is 6.95. The van der Waals surface area contributed by atoms with Crippen molar-refractivity contribution < 1.29 is 14.3 Å². The normalized spacial score (nSPS) is 11.1. The highest BCUT2D eigenvalue weighted by atomic mass is 32.2. The molecule has 0 aliphatic carbocycles. The Bertz CT molecular complexity index is 1300. The van der Waals surface area contributed by atoms with Gasteiger partial charge in [-0.1, -0.05) is 77.3 Å². The second-order valence-corrected chi connectivity index (χ2v) is 10.4. The first kappa shape index (κ1) is 24.1. The van der Waals surface area contributed by atoms with Crippen molar-refractivity contribution in [3.63, 3.8) is 0 Å². The minimum atomic E-state index is -0.228. The summed E-state index contributed by atoms with van der Waals surface area (Å²) in [5.74, 6) is 2.06. The number of benzene rings is 3. The lowest BCUT2D eigenvalue weighted by Gasteiger charge is -2.06. The largest absolute Gasteiger partial charge is 0.497 e. The van der Waals surface area contributed by atoms with Gasteiger partial charge in [-0.25, -0.2) is 5.43 Å². The SMILES string of the molecule is COc1ccc(C=NNC(=O)CSc2nnc(SCc3cccc4ccccc34)s2)c(OC)c1. The zero-order chi connectivity index (χ0) is 23.8. The molecule has 0 unspecified atom stereocenters. The van der Waals surface area contributed by atoms with Gasteiger partial charge >= 0.3 is 0 Å². The molecule has 0 atom stereocenters. The number of hydrogen-bond donors (Lipinski definition) is 1. The van der Waals surface area contributed by atoms with Crippen LogP contribution >= 0.6 is 34.9 Å². The van der Waals surface area contributed by atoms with E-state index in [0.717, 1.165) is 20.0 Å². The number of thioether (sulfide) groups is 2. The molecule has 0 radical (unpaired) electrons. The molecule has 1 N–H and O–H groups in total. The highest BCUT2D eigenvalue weighted by Crippen LogP contribution is 2.32.